The van der Waals surface area contributed by atoms with Crippen LogP contribution in [0.25, 0.3) is 0 Å². The molecule has 0 unspecified atom stereocenters. The minimum atomic E-state index is 0.198. The number of hydrogen-bond donors (Lipinski definition) is 2. The van der Waals surface area contributed by atoms with Gasteiger partial charge in [-0.05, 0) is 75.7 Å². The van der Waals surface area contributed by atoms with E-state index < -0.39 is 0 Å². The highest BCUT2D eigenvalue weighted by molar-refractivity contribution is 5.79. The first kappa shape index (κ1) is 12.2. The molecule has 5 aliphatic rings. The molecule has 0 aromatic heterocycles. The number of nitrogens with one attached hydrogen (secondary N) is 2. The average Bonchev–Trinajstić information content (AvgIpc) is 2.37. The van der Waals surface area contributed by atoms with Crippen molar-refractivity contribution in [2.45, 2.75) is 56.9 Å². The first-order valence-electron chi connectivity index (χ1n) is 8.25. The van der Waals surface area contributed by atoms with E-state index >= 15 is 0 Å². The fourth-order valence-corrected chi connectivity index (χ4v) is 5.70. The van der Waals surface area contributed by atoms with E-state index in [4.69, 9.17) is 0 Å². The average molecular weight is 262 g/mol. The van der Waals surface area contributed by atoms with E-state index in [-0.39, 0.29) is 11.5 Å². The maximum atomic E-state index is 12.5. The molecule has 5 fully saturated rings. The molecule has 1 atom stereocenters. The molecule has 19 heavy (non-hydrogen) atoms. The van der Waals surface area contributed by atoms with Crippen LogP contribution in [0.5, 0.6) is 0 Å². The number of carbonyl (C=O) groups excluding carboxylic acids is 1. The van der Waals surface area contributed by atoms with Crippen LogP contribution in [0.4, 0.5) is 0 Å². The van der Waals surface area contributed by atoms with Crippen LogP contribution in [-0.4, -0.2) is 24.5 Å². The van der Waals surface area contributed by atoms with Crippen LogP contribution in [0, 0.1) is 23.7 Å². The van der Waals surface area contributed by atoms with Crippen LogP contribution < -0.4 is 10.6 Å². The lowest BCUT2D eigenvalue weighted by Gasteiger charge is -2.57. The molecule has 5 rings (SSSR count). The largest absolute Gasteiger partial charge is 0.350 e. The van der Waals surface area contributed by atoms with Crippen molar-refractivity contribution in [1.82, 2.24) is 10.6 Å². The van der Waals surface area contributed by atoms with E-state index in [0.717, 1.165) is 43.7 Å². The minimum Gasteiger partial charge on any atom is -0.350 e. The molecule has 0 spiro atoms. The molecule has 1 amide bonds. The highest BCUT2D eigenvalue weighted by Gasteiger charge is 2.51. The summed E-state index contributed by atoms with van der Waals surface area (Å²) in [5.41, 5.74) is 0.198. The van der Waals surface area contributed by atoms with Crippen molar-refractivity contribution in [3.05, 3.63) is 0 Å². The molecule has 1 saturated heterocycles. The van der Waals surface area contributed by atoms with Crippen LogP contribution in [0.15, 0.2) is 0 Å². The highest BCUT2D eigenvalue weighted by atomic mass is 16.2. The second-order valence-electron chi connectivity index (χ2n) is 7.73. The maximum Gasteiger partial charge on any atom is 0.224 e. The minimum absolute atomic E-state index is 0.198. The Labute approximate surface area is 115 Å². The van der Waals surface area contributed by atoms with E-state index in [0.29, 0.717) is 5.91 Å². The highest BCUT2D eigenvalue weighted by Crippen LogP contribution is 2.55. The number of piperidine rings is 1. The molecule has 106 valence electrons. The third-order valence-electron chi connectivity index (χ3n) is 6.09. The molecule has 3 nitrogen and oxygen atoms in total. The predicted molar refractivity (Wildman–Crippen MR) is 74.6 cm³/mol. The molecule has 2 N–H and O–H groups in total. The molecule has 0 aromatic rings. The Morgan fingerprint density at radius 2 is 1.68 bits per heavy atom. The second kappa shape index (κ2) is 4.47. The summed E-state index contributed by atoms with van der Waals surface area (Å²) < 4.78 is 0. The SMILES string of the molecule is O=C(NC12CC3CC(CC(C3)C1)C2)[C@@H]1CCCNC1. The zero-order valence-corrected chi connectivity index (χ0v) is 11.8. The van der Waals surface area contributed by atoms with Gasteiger partial charge in [-0.2, -0.15) is 0 Å². The van der Waals surface area contributed by atoms with Gasteiger partial charge in [0, 0.05) is 12.1 Å². The lowest BCUT2D eigenvalue weighted by atomic mass is 9.53. The zero-order chi connectivity index (χ0) is 12.9. The number of amides is 1. The van der Waals surface area contributed by atoms with Gasteiger partial charge in [0.1, 0.15) is 0 Å². The van der Waals surface area contributed by atoms with Crippen molar-refractivity contribution in [2.75, 3.05) is 13.1 Å². The van der Waals surface area contributed by atoms with Gasteiger partial charge in [-0.15, -0.1) is 0 Å². The Morgan fingerprint density at radius 1 is 1.05 bits per heavy atom. The standard InChI is InChI=1S/C16H26N2O/c19-15(14-2-1-3-17-10-14)18-16-7-11-4-12(8-16)6-13(5-11)9-16/h11-14,17H,1-10H2,(H,18,19)/t11?,12?,13?,14-,16?/m1/s1. The normalized spacial score (nSPS) is 48.2. The van der Waals surface area contributed by atoms with Crippen LogP contribution in [-0.2, 0) is 4.79 Å². The monoisotopic (exact) mass is 262 g/mol. The lowest BCUT2D eigenvalue weighted by molar-refractivity contribution is -0.131. The third-order valence-corrected chi connectivity index (χ3v) is 6.09. The summed E-state index contributed by atoms with van der Waals surface area (Å²) in [7, 11) is 0. The Hall–Kier alpha value is -0.570. The molecule has 1 heterocycles. The van der Waals surface area contributed by atoms with E-state index in [1.807, 2.05) is 0 Å². The molecular weight excluding hydrogens is 236 g/mol. The smallest absolute Gasteiger partial charge is 0.224 e. The Morgan fingerprint density at radius 3 is 2.21 bits per heavy atom. The molecule has 1 aliphatic heterocycles. The van der Waals surface area contributed by atoms with Crippen molar-refractivity contribution >= 4 is 5.91 Å². The molecule has 4 aliphatic carbocycles. The van der Waals surface area contributed by atoms with Gasteiger partial charge in [0.25, 0.3) is 0 Å². The summed E-state index contributed by atoms with van der Waals surface area (Å²) in [5.74, 6) is 3.30. The fraction of sp³-hybridized carbons (Fsp3) is 0.938. The third kappa shape index (κ3) is 2.20. The van der Waals surface area contributed by atoms with Gasteiger partial charge in [0.05, 0.1) is 5.92 Å². The topological polar surface area (TPSA) is 41.1 Å². The number of hydrogen-bond acceptors (Lipinski definition) is 2. The first-order chi connectivity index (χ1) is 9.22. The van der Waals surface area contributed by atoms with Gasteiger partial charge in [-0.25, -0.2) is 0 Å². The molecule has 4 bridgehead atoms. The number of carbonyl (C=O) groups is 1. The molecule has 0 radical (unpaired) electrons. The van der Waals surface area contributed by atoms with Gasteiger partial charge in [0.2, 0.25) is 5.91 Å². The number of rotatable bonds is 2. The summed E-state index contributed by atoms with van der Waals surface area (Å²) in [6, 6.07) is 0. The fourth-order valence-electron chi connectivity index (χ4n) is 5.70. The van der Waals surface area contributed by atoms with Gasteiger partial charge in [-0.1, -0.05) is 0 Å². The van der Waals surface area contributed by atoms with Gasteiger partial charge >= 0.3 is 0 Å². The molecular formula is C16H26N2O. The summed E-state index contributed by atoms with van der Waals surface area (Å²) in [6.07, 6.45) is 10.4. The molecule has 0 aromatic carbocycles. The van der Waals surface area contributed by atoms with Crippen molar-refractivity contribution < 1.29 is 4.79 Å². The Kier molecular flexibility index (Phi) is 2.87. The van der Waals surface area contributed by atoms with E-state index in [2.05, 4.69) is 10.6 Å². The van der Waals surface area contributed by atoms with Crippen molar-refractivity contribution in [2.24, 2.45) is 23.7 Å². The predicted octanol–water partition coefficient (Wildman–Crippen LogP) is 2.07. The van der Waals surface area contributed by atoms with E-state index in [9.17, 15) is 4.79 Å². The van der Waals surface area contributed by atoms with Gasteiger partial charge in [-0.3, -0.25) is 4.79 Å². The van der Waals surface area contributed by atoms with Gasteiger partial charge < -0.3 is 10.6 Å². The van der Waals surface area contributed by atoms with Crippen LogP contribution >= 0.6 is 0 Å². The van der Waals surface area contributed by atoms with Crippen LogP contribution in [0.3, 0.4) is 0 Å². The summed E-state index contributed by atoms with van der Waals surface area (Å²) >= 11 is 0. The van der Waals surface area contributed by atoms with Crippen molar-refractivity contribution in [3.63, 3.8) is 0 Å². The van der Waals surface area contributed by atoms with E-state index in [1.165, 1.54) is 38.5 Å². The Bertz CT molecular complexity index is 338. The summed E-state index contributed by atoms with van der Waals surface area (Å²) in [4.78, 5) is 12.5. The Balaban J connectivity index is 1.45. The van der Waals surface area contributed by atoms with Crippen LogP contribution in [0.2, 0.25) is 0 Å². The molecule has 3 heteroatoms. The van der Waals surface area contributed by atoms with Crippen molar-refractivity contribution in [3.8, 4) is 0 Å². The summed E-state index contributed by atoms with van der Waals surface area (Å²) in [6.45, 7) is 1.97. The van der Waals surface area contributed by atoms with Crippen LogP contribution in [0.1, 0.15) is 51.4 Å². The zero-order valence-electron chi connectivity index (χ0n) is 11.8. The quantitative estimate of drug-likeness (QED) is 0.800. The maximum absolute atomic E-state index is 12.5. The lowest BCUT2D eigenvalue weighted by Crippen LogP contribution is -2.61. The first-order valence-corrected chi connectivity index (χ1v) is 8.25. The second-order valence-corrected chi connectivity index (χ2v) is 7.73. The van der Waals surface area contributed by atoms with Crippen molar-refractivity contribution in [1.29, 1.82) is 0 Å². The van der Waals surface area contributed by atoms with Gasteiger partial charge in [0.15, 0.2) is 0 Å². The van der Waals surface area contributed by atoms with E-state index in [1.54, 1.807) is 0 Å². The molecule has 4 saturated carbocycles. The summed E-state index contributed by atoms with van der Waals surface area (Å²) in [5, 5.41) is 6.88.